The van der Waals surface area contributed by atoms with E-state index in [1.165, 1.54) is 12.1 Å². The lowest BCUT2D eigenvalue weighted by atomic mass is 10.1. The fraction of sp³-hybridized carbons (Fsp3) is 0. The molecule has 0 saturated heterocycles. The van der Waals surface area contributed by atoms with E-state index in [0.717, 1.165) is 5.56 Å². The van der Waals surface area contributed by atoms with Gasteiger partial charge in [-0.2, -0.15) is 0 Å². The summed E-state index contributed by atoms with van der Waals surface area (Å²) < 4.78 is 20.5. The van der Waals surface area contributed by atoms with Gasteiger partial charge in [0.15, 0.2) is 0 Å². The molecule has 0 amide bonds. The van der Waals surface area contributed by atoms with E-state index in [0.29, 0.717) is 10.9 Å². The van der Waals surface area contributed by atoms with Crippen molar-refractivity contribution in [1.29, 1.82) is 0 Å². The molecule has 2 N–H and O–H groups in total. The van der Waals surface area contributed by atoms with Gasteiger partial charge in [-0.25, -0.2) is 9.36 Å². The van der Waals surface area contributed by atoms with Gasteiger partial charge >= 0.3 is 13.4 Å². The van der Waals surface area contributed by atoms with Gasteiger partial charge in [0.1, 0.15) is 11.3 Å². The monoisotopic (exact) mass is 318 g/mol. The van der Waals surface area contributed by atoms with Crippen molar-refractivity contribution in [2.24, 2.45) is 0 Å². The first kappa shape index (κ1) is 14.5. The predicted molar refractivity (Wildman–Crippen MR) is 80.6 cm³/mol. The number of hydrogen-bond acceptors (Lipinski definition) is 4. The number of phosphoric ester groups is 1. The molecule has 6 nitrogen and oxygen atoms in total. The van der Waals surface area contributed by atoms with Crippen molar-refractivity contribution in [2.75, 3.05) is 0 Å². The molecule has 1 heterocycles. The van der Waals surface area contributed by atoms with Gasteiger partial charge < -0.3 is 8.94 Å². The van der Waals surface area contributed by atoms with Crippen LogP contribution in [0.1, 0.15) is 0 Å². The second-order valence-electron chi connectivity index (χ2n) is 4.60. The average molecular weight is 318 g/mol. The van der Waals surface area contributed by atoms with Gasteiger partial charge in [0.25, 0.3) is 0 Å². The summed E-state index contributed by atoms with van der Waals surface area (Å²) in [5.41, 5.74) is 0.799. The second kappa shape index (κ2) is 5.42. The average Bonchev–Trinajstić information content (AvgIpc) is 2.45. The number of phosphoric acid groups is 1. The van der Waals surface area contributed by atoms with Crippen LogP contribution in [0.25, 0.3) is 22.1 Å². The Morgan fingerprint density at radius 1 is 1.00 bits per heavy atom. The molecule has 3 rings (SSSR count). The van der Waals surface area contributed by atoms with Gasteiger partial charge in [-0.3, -0.25) is 9.79 Å². The highest BCUT2D eigenvalue weighted by atomic mass is 31.2. The third-order valence-corrected chi connectivity index (χ3v) is 3.47. The van der Waals surface area contributed by atoms with E-state index in [-0.39, 0.29) is 11.3 Å². The molecule has 0 unspecified atom stereocenters. The quantitative estimate of drug-likeness (QED) is 0.569. The lowest BCUT2D eigenvalue weighted by molar-refractivity contribution is 0.283. The molecule has 2 aromatic carbocycles. The summed E-state index contributed by atoms with van der Waals surface area (Å²) in [7, 11) is -4.65. The Labute approximate surface area is 124 Å². The van der Waals surface area contributed by atoms with Crippen molar-refractivity contribution in [1.82, 2.24) is 0 Å². The van der Waals surface area contributed by atoms with Crippen molar-refractivity contribution in [3.05, 3.63) is 65.0 Å². The SMILES string of the molecule is O=c1oc2cc(OP(=O)(O)O)ccc2cc1-c1ccccc1. The van der Waals surface area contributed by atoms with Crippen LogP contribution in [0.4, 0.5) is 0 Å². The summed E-state index contributed by atoms with van der Waals surface area (Å²) >= 11 is 0. The van der Waals surface area contributed by atoms with Crippen molar-refractivity contribution >= 4 is 18.8 Å². The molecule has 0 atom stereocenters. The minimum atomic E-state index is -4.65. The fourth-order valence-electron chi connectivity index (χ4n) is 2.10. The van der Waals surface area contributed by atoms with Crippen LogP contribution in [0.2, 0.25) is 0 Å². The molecule has 22 heavy (non-hydrogen) atoms. The summed E-state index contributed by atoms with van der Waals surface area (Å²) in [6.45, 7) is 0. The summed E-state index contributed by atoms with van der Waals surface area (Å²) in [5.74, 6) is -0.0727. The van der Waals surface area contributed by atoms with Crippen LogP contribution in [0.15, 0.2) is 63.8 Å². The van der Waals surface area contributed by atoms with Gasteiger partial charge in [0.2, 0.25) is 0 Å². The highest BCUT2D eigenvalue weighted by Crippen LogP contribution is 2.38. The fourth-order valence-corrected chi connectivity index (χ4v) is 2.49. The zero-order valence-corrected chi connectivity index (χ0v) is 12.1. The Morgan fingerprint density at radius 3 is 2.41 bits per heavy atom. The van der Waals surface area contributed by atoms with Crippen LogP contribution in [-0.2, 0) is 4.57 Å². The van der Waals surface area contributed by atoms with Crippen molar-refractivity contribution < 1.29 is 23.3 Å². The van der Waals surface area contributed by atoms with E-state index in [9.17, 15) is 9.36 Å². The largest absolute Gasteiger partial charge is 0.524 e. The van der Waals surface area contributed by atoms with Crippen molar-refractivity contribution in [3.8, 4) is 16.9 Å². The maximum atomic E-state index is 12.1. The molecule has 0 aliphatic heterocycles. The Balaban J connectivity index is 2.11. The minimum absolute atomic E-state index is 0.0727. The molecule has 0 aliphatic carbocycles. The van der Waals surface area contributed by atoms with Crippen LogP contribution < -0.4 is 10.1 Å². The van der Waals surface area contributed by atoms with Crippen molar-refractivity contribution in [2.45, 2.75) is 0 Å². The maximum Gasteiger partial charge on any atom is 0.524 e. The number of benzene rings is 2. The van der Waals surface area contributed by atoms with E-state index in [1.54, 1.807) is 24.3 Å². The van der Waals surface area contributed by atoms with Crippen LogP contribution >= 0.6 is 7.82 Å². The molecule has 3 aromatic rings. The first-order valence-electron chi connectivity index (χ1n) is 6.31. The Hall–Kier alpha value is -2.40. The van der Waals surface area contributed by atoms with E-state index in [2.05, 4.69) is 4.52 Å². The van der Waals surface area contributed by atoms with Gasteiger partial charge in [-0.15, -0.1) is 0 Å². The molecule has 7 heteroatoms. The lowest BCUT2D eigenvalue weighted by Crippen LogP contribution is -2.02. The molecule has 0 saturated carbocycles. The smallest absolute Gasteiger partial charge is 0.422 e. The third-order valence-electron chi connectivity index (χ3n) is 3.02. The van der Waals surface area contributed by atoms with Gasteiger partial charge in [-0.1, -0.05) is 30.3 Å². The van der Waals surface area contributed by atoms with Crippen LogP contribution in [0, 0.1) is 0 Å². The molecule has 0 radical (unpaired) electrons. The van der Waals surface area contributed by atoms with Crippen LogP contribution in [0.5, 0.6) is 5.75 Å². The summed E-state index contributed by atoms with van der Waals surface area (Å²) in [6, 6.07) is 15.0. The zero-order chi connectivity index (χ0) is 15.7. The third kappa shape index (κ3) is 3.09. The molecule has 1 aromatic heterocycles. The topological polar surface area (TPSA) is 97.0 Å². The van der Waals surface area contributed by atoms with Gasteiger partial charge in [-0.05, 0) is 23.8 Å². The summed E-state index contributed by atoms with van der Waals surface area (Å²) in [5, 5.41) is 0.622. The Bertz CT molecular complexity index is 926. The first-order valence-corrected chi connectivity index (χ1v) is 7.84. The van der Waals surface area contributed by atoms with E-state index in [1.807, 2.05) is 18.2 Å². The van der Waals surface area contributed by atoms with Crippen LogP contribution in [0.3, 0.4) is 0 Å². The number of hydrogen-bond donors (Lipinski definition) is 2. The van der Waals surface area contributed by atoms with E-state index in [4.69, 9.17) is 14.2 Å². The van der Waals surface area contributed by atoms with E-state index < -0.39 is 13.4 Å². The molecule has 0 bridgehead atoms. The molecule has 112 valence electrons. The molecule has 0 fully saturated rings. The predicted octanol–water partition coefficient (Wildman–Crippen LogP) is 2.93. The second-order valence-corrected chi connectivity index (χ2v) is 5.76. The standard InChI is InChI=1S/C15H11O6P/c16-15-13(10-4-2-1-3-5-10)8-11-6-7-12(9-14(11)20-15)21-22(17,18)19/h1-9H,(H2,17,18,19). The highest BCUT2D eigenvalue weighted by Gasteiger charge is 2.16. The molecule has 0 spiro atoms. The van der Waals surface area contributed by atoms with E-state index >= 15 is 0 Å². The number of rotatable bonds is 3. The normalized spacial score (nSPS) is 11.5. The van der Waals surface area contributed by atoms with Crippen molar-refractivity contribution in [3.63, 3.8) is 0 Å². The molecular weight excluding hydrogens is 307 g/mol. The Morgan fingerprint density at radius 2 is 1.73 bits per heavy atom. The van der Waals surface area contributed by atoms with Crippen LogP contribution in [-0.4, -0.2) is 9.79 Å². The van der Waals surface area contributed by atoms with Gasteiger partial charge in [0.05, 0.1) is 5.56 Å². The molecule has 0 aliphatic rings. The summed E-state index contributed by atoms with van der Waals surface area (Å²) in [6.07, 6.45) is 0. The maximum absolute atomic E-state index is 12.1. The first-order chi connectivity index (χ1) is 10.4. The highest BCUT2D eigenvalue weighted by molar-refractivity contribution is 7.46. The van der Waals surface area contributed by atoms with Gasteiger partial charge in [0, 0.05) is 11.5 Å². The summed E-state index contributed by atoms with van der Waals surface area (Å²) in [4.78, 5) is 29.6. The number of fused-ring (bicyclic) bond motifs is 1. The minimum Gasteiger partial charge on any atom is -0.422 e. The lowest BCUT2D eigenvalue weighted by Gasteiger charge is -2.07. The zero-order valence-electron chi connectivity index (χ0n) is 11.2. The Kier molecular flexibility index (Phi) is 3.58. The molecular formula is C15H11O6P.